The van der Waals surface area contributed by atoms with E-state index in [2.05, 4.69) is 19.2 Å². The molecule has 1 aromatic rings. The van der Waals surface area contributed by atoms with Gasteiger partial charge in [-0.25, -0.2) is 12.8 Å². The Morgan fingerprint density at radius 3 is 2.50 bits per heavy atom. The number of halogens is 1. The van der Waals surface area contributed by atoms with Crippen LogP contribution >= 0.6 is 0 Å². The molecule has 1 N–H and O–H groups in total. The van der Waals surface area contributed by atoms with Crippen molar-refractivity contribution in [1.82, 2.24) is 9.62 Å². The van der Waals surface area contributed by atoms with Crippen LogP contribution in [0.3, 0.4) is 0 Å². The molecule has 7 nitrogen and oxygen atoms in total. The monoisotopic (exact) mass is 414 g/mol. The van der Waals surface area contributed by atoms with Crippen molar-refractivity contribution in [2.24, 2.45) is 11.8 Å². The second kappa shape index (κ2) is 9.47. The van der Waals surface area contributed by atoms with E-state index >= 15 is 0 Å². The van der Waals surface area contributed by atoms with E-state index in [1.54, 1.807) is 0 Å². The molecular formula is C19H27FN2O5S. The Bertz CT molecular complexity index is 797. The third-order valence-corrected chi connectivity index (χ3v) is 7.11. The predicted molar refractivity (Wildman–Crippen MR) is 101 cm³/mol. The summed E-state index contributed by atoms with van der Waals surface area (Å²) in [6, 6.07) is 4.34. The number of carbonyl (C=O) groups is 2. The molecular weight excluding hydrogens is 387 g/mol. The fraction of sp³-hybridized carbons (Fsp3) is 0.579. The Labute approximate surface area is 165 Å². The van der Waals surface area contributed by atoms with Gasteiger partial charge in [-0.15, -0.1) is 0 Å². The van der Waals surface area contributed by atoms with E-state index in [-0.39, 0.29) is 10.9 Å². The second-order valence-electron chi connectivity index (χ2n) is 7.32. The van der Waals surface area contributed by atoms with Crippen LogP contribution in [-0.2, 0) is 24.3 Å². The maximum absolute atomic E-state index is 13.0. The van der Waals surface area contributed by atoms with Gasteiger partial charge in [0.2, 0.25) is 10.0 Å². The van der Waals surface area contributed by atoms with Crippen LogP contribution in [0.5, 0.6) is 0 Å². The number of esters is 1. The summed E-state index contributed by atoms with van der Waals surface area (Å²) in [6.07, 6.45) is 3.07. The van der Waals surface area contributed by atoms with Gasteiger partial charge in [-0.2, -0.15) is 4.31 Å². The number of sulfonamides is 1. The van der Waals surface area contributed by atoms with Crippen LogP contribution in [0.25, 0.3) is 0 Å². The van der Waals surface area contributed by atoms with Crippen LogP contribution < -0.4 is 5.32 Å². The van der Waals surface area contributed by atoms with Gasteiger partial charge in [0, 0.05) is 13.1 Å². The highest BCUT2D eigenvalue weighted by atomic mass is 32.2. The van der Waals surface area contributed by atoms with Gasteiger partial charge >= 0.3 is 5.97 Å². The van der Waals surface area contributed by atoms with Crippen LogP contribution in [0.2, 0.25) is 0 Å². The summed E-state index contributed by atoms with van der Waals surface area (Å²) in [5.74, 6) is -0.933. The standard InChI is InChI=1S/C19H27FN2O5S/c1-13-5-4-6-17(14(13)2)21-18(23)12-27-19(24)11-22(3)28(25,26)16-9-7-15(20)8-10-16/h7-10,13-14,17H,4-6,11-12H2,1-3H3,(H,21,23). The van der Waals surface area contributed by atoms with Gasteiger partial charge in [-0.1, -0.05) is 26.7 Å². The van der Waals surface area contributed by atoms with Gasteiger partial charge in [0.15, 0.2) is 6.61 Å². The molecule has 1 aliphatic rings. The van der Waals surface area contributed by atoms with Crippen molar-refractivity contribution in [2.45, 2.75) is 44.0 Å². The number of amides is 1. The van der Waals surface area contributed by atoms with Gasteiger partial charge in [-0.05, 0) is 42.5 Å². The molecule has 1 saturated carbocycles. The first kappa shape index (κ1) is 22.3. The van der Waals surface area contributed by atoms with Crippen LogP contribution in [0, 0.1) is 17.7 Å². The molecule has 156 valence electrons. The fourth-order valence-corrected chi connectivity index (χ4v) is 4.39. The minimum atomic E-state index is -3.96. The van der Waals surface area contributed by atoms with Gasteiger partial charge < -0.3 is 10.1 Å². The Kier molecular flexibility index (Phi) is 7.54. The molecule has 0 heterocycles. The lowest BCUT2D eigenvalue weighted by Gasteiger charge is -2.34. The average Bonchev–Trinajstić information content (AvgIpc) is 2.64. The molecule has 3 atom stereocenters. The summed E-state index contributed by atoms with van der Waals surface area (Å²) in [4.78, 5) is 23.8. The summed E-state index contributed by atoms with van der Waals surface area (Å²) in [6.45, 7) is 3.24. The summed E-state index contributed by atoms with van der Waals surface area (Å²) < 4.78 is 43.4. The summed E-state index contributed by atoms with van der Waals surface area (Å²) in [5.41, 5.74) is 0. The first-order valence-corrected chi connectivity index (χ1v) is 10.7. The summed E-state index contributed by atoms with van der Waals surface area (Å²) >= 11 is 0. The highest BCUT2D eigenvalue weighted by Crippen LogP contribution is 2.29. The van der Waals surface area contributed by atoms with Crippen LogP contribution in [0.4, 0.5) is 4.39 Å². The molecule has 0 saturated heterocycles. The Balaban J connectivity index is 1.82. The molecule has 0 aromatic heterocycles. The highest BCUT2D eigenvalue weighted by molar-refractivity contribution is 7.89. The van der Waals surface area contributed by atoms with Gasteiger partial charge in [-0.3, -0.25) is 9.59 Å². The SMILES string of the molecule is CC1CCCC(NC(=O)COC(=O)CN(C)S(=O)(=O)c2ccc(F)cc2)C1C. The zero-order chi connectivity index (χ0) is 20.9. The fourth-order valence-electron chi connectivity index (χ4n) is 3.28. The number of likely N-dealkylation sites (N-methyl/N-ethyl adjacent to an activating group) is 1. The predicted octanol–water partition coefficient (Wildman–Crippen LogP) is 1.93. The van der Waals surface area contributed by atoms with Crippen molar-refractivity contribution in [3.05, 3.63) is 30.1 Å². The lowest BCUT2D eigenvalue weighted by molar-refractivity contribution is -0.148. The molecule has 1 amide bonds. The molecule has 9 heteroatoms. The third-order valence-electron chi connectivity index (χ3n) is 5.29. The van der Waals surface area contributed by atoms with Crippen LogP contribution in [0.1, 0.15) is 33.1 Å². The number of ether oxygens (including phenoxy) is 1. The van der Waals surface area contributed by atoms with E-state index in [0.29, 0.717) is 11.8 Å². The maximum atomic E-state index is 13.0. The Hall–Kier alpha value is -2.00. The number of nitrogens with zero attached hydrogens (tertiary/aromatic N) is 1. The minimum absolute atomic E-state index is 0.0523. The molecule has 28 heavy (non-hydrogen) atoms. The van der Waals surface area contributed by atoms with E-state index < -0.39 is 40.9 Å². The van der Waals surface area contributed by atoms with Crippen molar-refractivity contribution in [3.63, 3.8) is 0 Å². The first-order valence-electron chi connectivity index (χ1n) is 9.28. The highest BCUT2D eigenvalue weighted by Gasteiger charge is 2.28. The van der Waals surface area contributed by atoms with Gasteiger partial charge in [0.25, 0.3) is 5.91 Å². The minimum Gasteiger partial charge on any atom is -0.455 e. The zero-order valence-electron chi connectivity index (χ0n) is 16.4. The van der Waals surface area contributed by atoms with E-state index in [1.165, 1.54) is 7.05 Å². The van der Waals surface area contributed by atoms with Crippen molar-refractivity contribution in [2.75, 3.05) is 20.2 Å². The molecule has 0 radical (unpaired) electrons. The van der Waals surface area contributed by atoms with Crippen molar-refractivity contribution >= 4 is 21.9 Å². The Morgan fingerprint density at radius 2 is 1.86 bits per heavy atom. The first-order chi connectivity index (χ1) is 13.1. The van der Waals surface area contributed by atoms with Gasteiger partial charge in [0.05, 0.1) is 4.90 Å². The van der Waals surface area contributed by atoms with E-state index in [4.69, 9.17) is 4.74 Å². The average molecular weight is 414 g/mol. The molecule has 1 aliphatic carbocycles. The molecule has 0 spiro atoms. The topological polar surface area (TPSA) is 92.8 Å². The third kappa shape index (κ3) is 5.75. The van der Waals surface area contributed by atoms with E-state index in [0.717, 1.165) is 47.8 Å². The number of rotatable bonds is 7. The van der Waals surface area contributed by atoms with E-state index in [9.17, 15) is 22.4 Å². The number of hydrogen-bond acceptors (Lipinski definition) is 5. The quantitative estimate of drug-likeness (QED) is 0.688. The summed E-state index contributed by atoms with van der Waals surface area (Å²) in [7, 11) is -2.75. The van der Waals surface area contributed by atoms with Crippen LogP contribution in [0.15, 0.2) is 29.2 Å². The van der Waals surface area contributed by atoms with Crippen molar-refractivity contribution in [1.29, 1.82) is 0 Å². The summed E-state index contributed by atoms with van der Waals surface area (Å²) in [5, 5.41) is 2.89. The second-order valence-corrected chi connectivity index (χ2v) is 9.36. The molecule has 0 bridgehead atoms. The lowest BCUT2D eigenvalue weighted by Crippen LogP contribution is -2.45. The molecule has 2 rings (SSSR count). The Morgan fingerprint density at radius 1 is 1.21 bits per heavy atom. The molecule has 0 aliphatic heterocycles. The molecule has 1 aromatic carbocycles. The number of hydrogen-bond donors (Lipinski definition) is 1. The van der Waals surface area contributed by atoms with Crippen molar-refractivity contribution in [3.8, 4) is 0 Å². The largest absolute Gasteiger partial charge is 0.455 e. The smallest absolute Gasteiger partial charge is 0.321 e. The lowest BCUT2D eigenvalue weighted by atomic mass is 9.78. The number of benzene rings is 1. The van der Waals surface area contributed by atoms with E-state index in [1.807, 2.05) is 0 Å². The maximum Gasteiger partial charge on any atom is 0.321 e. The zero-order valence-corrected chi connectivity index (χ0v) is 17.2. The number of carbonyl (C=O) groups excluding carboxylic acids is 2. The van der Waals surface area contributed by atoms with Gasteiger partial charge in [0.1, 0.15) is 12.4 Å². The van der Waals surface area contributed by atoms with Crippen molar-refractivity contribution < 1.29 is 27.1 Å². The van der Waals surface area contributed by atoms with Crippen LogP contribution in [-0.4, -0.2) is 50.8 Å². The molecule has 3 unspecified atom stereocenters. The normalized spacial score (nSPS) is 22.7. The number of nitrogens with one attached hydrogen (secondary N) is 1. The molecule has 1 fully saturated rings.